The molecular weight excluding hydrogens is 334 g/mol. The Morgan fingerprint density at radius 3 is 2.83 bits per heavy atom. The molecule has 3 aromatic heterocycles. The molecule has 3 heterocycles. The van der Waals surface area contributed by atoms with Gasteiger partial charge in [0.05, 0.1) is 23.6 Å². The molecule has 0 bridgehead atoms. The first-order valence-corrected chi connectivity index (χ1v) is 9.19. The SMILES string of the molecule is Cc1n[nH]c(C)c1S(=O)(=O)NCc1nc(-c2cccnc2)cs1. The van der Waals surface area contributed by atoms with Crippen LogP contribution in [0.3, 0.4) is 0 Å². The Bertz CT molecular complexity index is 896. The molecule has 0 aliphatic heterocycles. The van der Waals surface area contributed by atoms with Crippen LogP contribution < -0.4 is 4.72 Å². The van der Waals surface area contributed by atoms with Crippen molar-refractivity contribution < 1.29 is 8.42 Å². The van der Waals surface area contributed by atoms with Gasteiger partial charge in [-0.05, 0) is 26.0 Å². The zero-order valence-corrected chi connectivity index (χ0v) is 14.2. The van der Waals surface area contributed by atoms with E-state index >= 15 is 0 Å². The molecule has 0 saturated heterocycles. The van der Waals surface area contributed by atoms with Crippen LogP contribution in [0.25, 0.3) is 11.3 Å². The van der Waals surface area contributed by atoms with Crippen LogP contribution in [-0.2, 0) is 16.6 Å². The smallest absolute Gasteiger partial charge is 0.244 e. The number of nitrogens with one attached hydrogen (secondary N) is 2. The molecule has 2 N–H and O–H groups in total. The summed E-state index contributed by atoms with van der Waals surface area (Å²) in [6.07, 6.45) is 3.42. The van der Waals surface area contributed by atoms with Gasteiger partial charge in [0, 0.05) is 23.3 Å². The van der Waals surface area contributed by atoms with Crippen molar-refractivity contribution in [1.82, 2.24) is 24.9 Å². The summed E-state index contributed by atoms with van der Waals surface area (Å²) in [7, 11) is -3.62. The zero-order chi connectivity index (χ0) is 16.4. The summed E-state index contributed by atoms with van der Waals surface area (Å²) in [6, 6.07) is 3.75. The third kappa shape index (κ3) is 3.31. The molecule has 0 aliphatic rings. The highest BCUT2D eigenvalue weighted by molar-refractivity contribution is 7.89. The van der Waals surface area contributed by atoms with E-state index in [9.17, 15) is 8.42 Å². The second kappa shape index (κ2) is 6.19. The second-order valence-electron chi connectivity index (χ2n) is 4.96. The largest absolute Gasteiger partial charge is 0.281 e. The first-order chi connectivity index (χ1) is 11.0. The molecule has 0 spiro atoms. The summed E-state index contributed by atoms with van der Waals surface area (Å²) in [5.74, 6) is 0. The summed E-state index contributed by atoms with van der Waals surface area (Å²) in [5.41, 5.74) is 2.66. The number of nitrogens with zero attached hydrogens (tertiary/aromatic N) is 3. The van der Waals surface area contributed by atoms with Gasteiger partial charge in [0.15, 0.2) is 0 Å². The third-order valence-corrected chi connectivity index (χ3v) is 5.76. The normalized spacial score (nSPS) is 11.7. The van der Waals surface area contributed by atoms with Gasteiger partial charge in [-0.1, -0.05) is 0 Å². The third-order valence-electron chi connectivity index (χ3n) is 3.25. The van der Waals surface area contributed by atoms with Crippen LogP contribution in [0.15, 0.2) is 34.8 Å². The lowest BCUT2D eigenvalue weighted by molar-refractivity contribution is 0.580. The molecule has 23 heavy (non-hydrogen) atoms. The summed E-state index contributed by atoms with van der Waals surface area (Å²) >= 11 is 1.40. The molecule has 0 radical (unpaired) electrons. The number of pyridine rings is 1. The predicted octanol–water partition coefficient (Wildman–Crippen LogP) is 2.02. The lowest BCUT2D eigenvalue weighted by Gasteiger charge is -2.05. The monoisotopic (exact) mass is 349 g/mol. The fourth-order valence-electron chi connectivity index (χ4n) is 2.20. The van der Waals surface area contributed by atoms with Crippen molar-refractivity contribution in [1.29, 1.82) is 0 Å². The average molecular weight is 349 g/mol. The molecule has 3 rings (SSSR count). The molecule has 0 saturated carbocycles. The van der Waals surface area contributed by atoms with Crippen LogP contribution in [0, 0.1) is 13.8 Å². The number of thiazole rings is 1. The topological polar surface area (TPSA) is 101 Å². The van der Waals surface area contributed by atoms with E-state index in [-0.39, 0.29) is 11.4 Å². The molecule has 0 amide bonds. The van der Waals surface area contributed by atoms with Crippen LogP contribution in [-0.4, -0.2) is 28.6 Å². The van der Waals surface area contributed by atoms with E-state index in [1.165, 1.54) is 11.3 Å². The van der Waals surface area contributed by atoms with Gasteiger partial charge in [0.25, 0.3) is 0 Å². The number of hydrogen-bond acceptors (Lipinski definition) is 6. The standard InChI is InChI=1S/C14H15N5O2S2/c1-9-14(10(2)19-18-9)23(20,21)16-7-13-17-12(8-22-13)11-4-3-5-15-6-11/h3-6,8,16H,7H2,1-2H3,(H,18,19). The maximum absolute atomic E-state index is 12.4. The molecule has 0 fully saturated rings. The summed E-state index contributed by atoms with van der Waals surface area (Å²) < 4.78 is 27.3. The highest BCUT2D eigenvalue weighted by Gasteiger charge is 2.22. The molecule has 0 atom stereocenters. The van der Waals surface area contributed by atoms with E-state index in [0.717, 1.165) is 11.3 Å². The number of aryl methyl sites for hydroxylation is 2. The van der Waals surface area contributed by atoms with Crippen LogP contribution in [0.2, 0.25) is 0 Å². The Morgan fingerprint density at radius 1 is 1.35 bits per heavy atom. The van der Waals surface area contributed by atoms with Crippen LogP contribution in [0.1, 0.15) is 16.4 Å². The first kappa shape index (κ1) is 15.8. The second-order valence-corrected chi connectivity index (χ2v) is 7.60. The Balaban J connectivity index is 1.75. The zero-order valence-electron chi connectivity index (χ0n) is 12.6. The number of sulfonamides is 1. The van der Waals surface area contributed by atoms with Crippen LogP contribution in [0.4, 0.5) is 0 Å². The van der Waals surface area contributed by atoms with Gasteiger partial charge < -0.3 is 0 Å². The maximum atomic E-state index is 12.4. The van der Waals surface area contributed by atoms with Crippen molar-refractivity contribution >= 4 is 21.4 Å². The fraction of sp³-hybridized carbons (Fsp3) is 0.214. The minimum absolute atomic E-state index is 0.136. The van der Waals surface area contributed by atoms with Gasteiger partial charge in [-0.3, -0.25) is 10.1 Å². The molecule has 0 unspecified atom stereocenters. The molecule has 0 aromatic carbocycles. The minimum atomic E-state index is -3.62. The Morgan fingerprint density at radius 2 is 2.17 bits per heavy atom. The van der Waals surface area contributed by atoms with Crippen molar-refractivity contribution in [2.45, 2.75) is 25.3 Å². The highest BCUT2D eigenvalue weighted by Crippen LogP contribution is 2.22. The number of aromatic nitrogens is 4. The lowest BCUT2D eigenvalue weighted by Crippen LogP contribution is -2.24. The minimum Gasteiger partial charge on any atom is -0.281 e. The van der Waals surface area contributed by atoms with Gasteiger partial charge >= 0.3 is 0 Å². The van der Waals surface area contributed by atoms with Crippen molar-refractivity contribution in [3.63, 3.8) is 0 Å². The number of H-pyrrole nitrogens is 1. The van der Waals surface area contributed by atoms with Gasteiger partial charge in [-0.2, -0.15) is 5.10 Å². The van der Waals surface area contributed by atoms with E-state index in [2.05, 4.69) is 24.9 Å². The molecule has 3 aromatic rings. The van der Waals surface area contributed by atoms with Crippen molar-refractivity contribution in [2.24, 2.45) is 0 Å². The van der Waals surface area contributed by atoms with Gasteiger partial charge in [-0.25, -0.2) is 18.1 Å². The number of hydrogen-bond donors (Lipinski definition) is 2. The van der Waals surface area contributed by atoms with Crippen molar-refractivity contribution in [3.8, 4) is 11.3 Å². The Labute approximate surface area is 137 Å². The molecule has 7 nitrogen and oxygen atoms in total. The fourth-order valence-corrected chi connectivity index (χ4v) is 4.39. The van der Waals surface area contributed by atoms with Crippen molar-refractivity contribution in [2.75, 3.05) is 0 Å². The summed E-state index contributed by atoms with van der Waals surface area (Å²) in [4.78, 5) is 8.69. The van der Waals surface area contributed by atoms with Crippen LogP contribution >= 0.6 is 11.3 Å². The van der Waals surface area contributed by atoms with Gasteiger partial charge in [-0.15, -0.1) is 11.3 Å². The number of aromatic amines is 1. The van der Waals surface area contributed by atoms with E-state index in [4.69, 9.17) is 0 Å². The number of rotatable bonds is 5. The summed E-state index contributed by atoms with van der Waals surface area (Å²) in [6.45, 7) is 3.47. The Hall–Kier alpha value is -2.10. The van der Waals surface area contributed by atoms with E-state index in [0.29, 0.717) is 16.4 Å². The Kier molecular flexibility index (Phi) is 4.24. The molecule has 0 aliphatic carbocycles. The summed E-state index contributed by atoms with van der Waals surface area (Å²) in [5, 5.41) is 9.17. The average Bonchev–Trinajstić information content (AvgIpc) is 3.13. The van der Waals surface area contributed by atoms with E-state index in [1.807, 2.05) is 17.5 Å². The quantitative estimate of drug-likeness (QED) is 0.734. The molecular formula is C14H15N5O2S2. The van der Waals surface area contributed by atoms with Gasteiger partial charge in [0.2, 0.25) is 10.0 Å². The van der Waals surface area contributed by atoms with Gasteiger partial charge in [0.1, 0.15) is 9.90 Å². The van der Waals surface area contributed by atoms with Crippen molar-refractivity contribution in [3.05, 3.63) is 46.3 Å². The predicted molar refractivity (Wildman–Crippen MR) is 87.4 cm³/mol. The lowest BCUT2D eigenvalue weighted by atomic mass is 10.2. The van der Waals surface area contributed by atoms with E-state index in [1.54, 1.807) is 26.2 Å². The maximum Gasteiger partial charge on any atom is 0.244 e. The van der Waals surface area contributed by atoms with E-state index < -0.39 is 10.0 Å². The first-order valence-electron chi connectivity index (χ1n) is 6.83. The molecule has 120 valence electrons. The highest BCUT2D eigenvalue weighted by atomic mass is 32.2. The van der Waals surface area contributed by atoms with Crippen LogP contribution in [0.5, 0.6) is 0 Å². The molecule has 9 heteroatoms.